The van der Waals surface area contributed by atoms with Crippen molar-refractivity contribution in [2.75, 3.05) is 0 Å². The predicted octanol–water partition coefficient (Wildman–Crippen LogP) is -0.391. The molecular weight excluding hydrogens is 250 g/mol. The van der Waals surface area contributed by atoms with Gasteiger partial charge in [0.05, 0.1) is 0 Å². The van der Waals surface area contributed by atoms with Crippen LogP contribution in [0, 0.1) is 0 Å². The summed E-state index contributed by atoms with van der Waals surface area (Å²) in [6.07, 6.45) is 0. The molecule has 0 aliphatic carbocycles. The average Bonchev–Trinajstić information content (AvgIpc) is 0. The van der Waals surface area contributed by atoms with Gasteiger partial charge in [-0.25, -0.2) is 0 Å². The molecule has 0 amide bonds. The van der Waals surface area contributed by atoms with Gasteiger partial charge in [-0.1, -0.05) is 0 Å². The molecule has 24 valence electrons. The zero-order valence-electron chi connectivity index (χ0n) is 2.90. The molecule has 0 N–H and O–H groups in total. The van der Waals surface area contributed by atoms with Crippen molar-refractivity contribution in [2.45, 2.75) is 0 Å². The molecule has 5 heavy (non-hydrogen) atoms. The summed E-state index contributed by atoms with van der Waals surface area (Å²) in [6, 6.07) is 0. The molecule has 0 bridgehead atoms. The molecule has 0 atom stereocenters. The summed E-state index contributed by atoms with van der Waals surface area (Å²) in [4.78, 5) is 0. The van der Waals surface area contributed by atoms with Crippen molar-refractivity contribution in [3.63, 3.8) is 0 Å². The van der Waals surface area contributed by atoms with Gasteiger partial charge in [0.15, 0.2) is 0 Å². The van der Waals surface area contributed by atoms with Gasteiger partial charge in [-0.05, 0) is 0 Å². The second-order valence-corrected chi connectivity index (χ2v) is 0. The Labute approximate surface area is 102 Å². The third kappa shape index (κ3) is 18.7. The quantitative estimate of drug-likeness (QED) is 0.513. The summed E-state index contributed by atoms with van der Waals surface area (Å²) in [5.41, 5.74) is 0. The van der Waals surface area contributed by atoms with Gasteiger partial charge < -0.3 is 0 Å². The summed E-state index contributed by atoms with van der Waals surface area (Å²) in [5, 5.41) is 0. The van der Waals surface area contributed by atoms with Crippen LogP contribution in [0.25, 0.3) is 0 Å². The van der Waals surface area contributed by atoms with Gasteiger partial charge in [0.2, 0.25) is 0 Å². The molecule has 0 aromatic carbocycles. The molecule has 5 heteroatoms. The SMILES string of the molecule is [Mn].[Na].[Ni].[Ti].[Zn]. The molecule has 0 heterocycles. The van der Waals surface area contributed by atoms with Gasteiger partial charge in [-0.2, -0.15) is 0 Å². The van der Waals surface area contributed by atoms with Gasteiger partial charge in [0, 0.05) is 104 Å². The monoisotopic (exact) mass is 248 g/mol. The first-order chi connectivity index (χ1) is 0. The summed E-state index contributed by atoms with van der Waals surface area (Å²) in [6.45, 7) is 0. The Hall–Kier alpha value is 3.35. The third-order valence-corrected chi connectivity index (χ3v) is 0. The van der Waals surface area contributed by atoms with Crippen molar-refractivity contribution in [1.29, 1.82) is 0 Å². The standard InChI is InChI=1S/Mn.Na.Ni.Ti.Zn. The molecule has 0 spiro atoms. The smallest absolute Gasteiger partial charge is 0 e. The van der Waals surface area contributed by atoms with Crippen LogP contribution in [0.3, 0.4) is 0 Å². The van der Waals surface area contributed by atoms with Gasteiger partial charge in [0.25, 0.3) is 0 Å². The van der Waals surface area contributed by atoms with Crippen LogP contribution in [0.4, 0.5) is 0 Å². The van der Waals surface area contributed by atoms with Crippen molar-refractivity contribution >= 4 is 29.6 Å². The fourth-order valence-corrected chi connectivity index (χ4v) is 0. The van der Waals surface area contributed by atoms with E-state index in [1.165, 1.54) is 0 Å². The van der Waals surface area contributed by atoms with Gasteiger partial charge >= 0.3 is 0 Å². The maximum absolute atomic E-state index is 0. The Morgan fingerprint density at radius 1 is 1.00 bits per heavy atom. The van der Waals surface area contributed by atoms with E-state index in [1.54, 1.807) is 0 Å². The molecule has 0 aromatic heterocycles. The fourth-order valence-electron chi connectivity index (χ4n) is 0. The Morgan fingerprint density at radius 3 is 1.00 bits per heavy atom. The molecule has 0 aliphatic heterocycles. The Kier molecular flexibility index (Phi) is 212. The maximum Gasteiger partial charge on any atom is 0 e. The third-order valence-electron chi connectivity index (χ3n) is 0. The minimum Gasteiger partial charge on any atom is 0 e. The van der Waals surface area contributed by atoms with Crippen molar-refractivity contribution in [2.24, 2.45) is 0 Å². The van der Waals surface area contributed by atoms with Crippen LogP contribution >= 0.6 is 0 Å². The van der Waals surface area contributed by atoms with E-state index in [9.17, 15) is 0 Å². The number of rotatable bonds is 0. The summed E-state index contributed by atoms with van der Waals surface area (Å²) < 4.78 is 0. The van der Waals surface area contributed by atoms with E-state index in [0.717, 1.165) is 0 Å². The zero-order chi connectivity index (χ0) is 0. The normalized spacial score (nSPS) is 0. The van der Waals surface area contributed by atoms with Gasteiger partial charge in [-0.15, -0.1) is 0 Å². The Balaban J connectivity index is 0. The van der Waals surface area contributed by atoms with E-state index >= 15 is 0 Å². The van der Waals surface area contributed by atoms with E-state index in [0.29, 0.717) is 0 Å². The average molecular weight is 250 g/mol. The van der Waals surface area contributed by atoms with Crippen LogP contribution in [0.5, 0.6) is 0 Å². The van der Waals surface area contributed by atoms with Crippen LogP contribution in [-0.4, -0.2) is 29.6 Å². The minimum absolute atomic E-state index is 0. The van der Waals surface area contributed by atoms with Gasteiger partial charge in [0.1, 0.15) is 0 Å². The first-order valence-corrected chi connectivity index (χ1v) is 0. The van der Waals surface area contributed by atoms with Crippen molar-refractivity contribution in [3.05, 3.63) is 0 Å². The predicted molar refractivity (Wildman–Crippen MR) is 5.75 cm³/mol. The summed E-state index contributed by atoms with van der Waals surface area (Å²) in [7, 11) is 0. The van der Waals surface area contributed by atoms with Crippen LogP contribution in [0.15, 0.2) is 0 Å². The van der Waals surface area contributed by atoms with Crippen LogP contribution < -0.4 is 0 Å². The second kappa shape index (κ2) is 26.4. The van der Waals surface area contributed by atoms with E-state index in [4.69, 9.17) is 0 Å². The zero-order valence-corrected chi connectivity index (χ0v) is 11.6. The molecule has 0 nitrogen and oxygen atoms in total. The summed E-state index contributed by atoms with van der Waals surface area (Å²) >= 11 is 0. The minimum atomic E-state index is 0. The second-order valence-electron chi connectivity index (χ2n) is 0. The van der Waals surface area contributed by atoms with Crippen LogP contribution in [-0.2, 0) is 74.8 Å². The Morgan fingerprint density at radius 2 is 1.00 bits per heavy atom. The molecule has 0 aromatic rings. The first-order valence-electron chi connectivity index (χ1n) is 0. The van der Waals surface area contributed by atoms with Crippen molar-refractivity contribution in [3.8, 4) is 0 Å². The van der Waals surface area contributed by atoms with E-state index in [-0.39, 0.29) is 104 Å². The van der Waals surface area contributed by atoms with E-state index < -0.39 is 0 Å². The molecule has 0 rings (SSSR count). The van der Waals surface area contributed by atoms with E-state index in [2.05, 4.69) is 0 Å². The molecule has 2 radical (unpaired) electrons. The molecule has 0 unspecified atom stereocenters. The van der Waals surface area contributed by atoms with Crippen molar-refractivity contribution in [1.82, 2.24) is 0 Å². The Bertz CT molecular complexity index is 11.6. The molecule has 0 saturated heterocycles. The summed E-state index contributed by atoms with van der Waals surface area (Å²) in [5.74, 6) is 0. The maximum atomic E-state index is 0. The topological polar surface area (TPSA) is 0 Å². The molecule has 0 aliphatic rings. The number of hydrogen-bond donors (Lipinski definition) is 0. The van der Waals surface area contributed by atoms with Crippen LogP contribution in [0.2, 0.25) is 0 Å². The fraction of sp³-hybridized carbons (Fsp3) is 0. The first kappa shape index (κ1) is 40.2. The largest absolute Gasteiger partial charge is 0 e. The molecule has 0 saturated carbocycles. The molecule has 0 fully saturated rings. The van der Waals surface area contributed by atoms with Gasteiger partial charge in [-0.3, -0.25) is 0 Å². The molecular formula is MnNaNiTiZn. The van der Waals surface area contributed by atoms with Crippen molar-refractivity contribution < 1.29 is 74.8 Å². The van der Waals surface area contributed by atoms with Crippen LogP contribution in [0.1, 0.15) is 0 Å². The van der Waals surface area contributed by atoms with E-state index in [1.807, 2.05) is 0 Å². The number of hydrogen-bond acceptors (Lipinski definition) is 0.